The molecule has 0 spiro atoms. The van der Waals surface area contributed by atoms with Crippen molar-refractivity contribution < 1.29 is 9.78 Å². The Balaban J connectivity index is 2.53. The SMILES string of the molecule is SCCOOCCS. The Hall–Kier alpha value is 0.620. The first-order chi connectivity index (χ1) is 3.91. The molecule has 0 atom stereocenters. The van der Waals surface area contributed by atoms with Crippen LogP contribution in [0.25, 0.3) is 0 Å². The maximum atomic E-state index is 4.60. The zero-order valence-corrected chi connectivity index (χ0v) is 6.33. The van der Waals surface area contributed by atoms with Gasteiger partial charge in [-0.05, 0) is 0 Å². The van der Waals surface area contributed by atoms with Gasteiger partial charge in [-0.25, -0.2) is 9.78 Å². The van der Waals surface area contributed by atoms with E-state index in [4.69, 9.17) is 0 Å². The van der Waals surface area contributed by atoms with Crippen LogP contribution in [-0.4, -0.2) is 24.7 Å². The lowest BCUT2D eigenvalue weighted by molar-refractivity contribution is -0.285. The van der Waals surface area contributed by atoms with Crippen LogP contribution in [0.3, 0.4) is 0 Å². The molecule has 0 bridgehead atoms. The molecule has 0 heterocycles. The molecule has 2 nitrogen and oxygen atoms in total. The first-order valence-corrected chi connectivity index (χ1v) is 3.64. The number of hydrogen-bond acceptors (Lipinski definition) is 4. The molecule has 0 aromatic carbocycles. The molecule has 0 fully saturated rings. The fourth-order valence-corrected chi connectivity index (χ4v) is 0.341. The van der Waals surface area contributed by atoms with Gasteiger partial charge in [0.25, 0.3) is 0 Å². The molecule has 0 aliphatic carbocycles. The van der Waals surface area contributed by atoms with Crippen LogP contribution in [0.1, 0.15) is 0 Å². The minimum atomic E-state index is 0.539. The molecule has 8 heavy (non-hydrogen) atoms. The van der Waals surface area contributed by atoms with Gasteiger partial charge in [0, 0.05) is 11.5 Å². The molecular formula is C4H10O2S2. The lowest BCUT2D eigenvalue weighted by Gasteiger charge is -1.97. The largest absolute Gasteiger partial charge is 0.236 e. The molecule has 0 saturated heterocycles. The highest BCUT2D eigenvalue weighted by atomic mass is 32.1. The van der Waals surface area contributed by atoms with Gasteiger partial charge in [0.1, 0.15) is 0 Å². The predicted molar refractivity (Wildman–Crippen MR) is 39.6 cm³/mol. The molecular weight excluding hydrogens is 144 g/mol. The summed E-state index contributed by atoms with van der Waals surface area (Å²) in [4.78, 5) is 9.20. The second-order valence-electron chi connectivity index (χ2n) is 1.09. The Morgan fingerprint density at radius 3 is 1.50 bits per heavy atom. The summed E-state index contributed by atoms with van der Waals surface area (Å²) in [7, 11) is 0. The van der Waals surface area contributed by atoms with Gasteiger partial charge in [0.15, 0.2) is 0 Å². The van der Waals surface area contributed by atoms with Crippen molar-refractivity contribution in [1.29, 1.82) is 0 Å². The van der Waals surface area contributed by atoms with Crippen molar-refractivity contribution in [2.75, 3.05) is 24.7 Å². The molecule has 0 unspecified atom stereocenters. The first kappa shape index (κ1) is 8.62. The average Bonchev–Trinajstić information content (AvgIpc) is 1.81. The lowest BCUT2D eigenvalue weighted by Crippen LogP contribution is -1.99. The highest BCUT2D eigenvalue weighted by Crippen LogP contribution is 1.81. The summed E-state index contributed by atoms with van der Waals surface area (Å²) in [5.74, 6) is 1.37. The minimum absolute atomic E-state index is 0.539. The van der Waals surface area contributed by atoms with Crippen molar-refractivity contribution in [3.05, 3.63) is 0 Å². The lowest BCUT2D eigenvalue weighted by atomic mass is 10.9. The maximum Gasteiger partial charge on any atom is 0.0910 e. The molecule has 0 rings (SSSR count). The summed E-state index contributed by atoms with van der Waals surface area (Å²) >= 11 is 7.80. The van der Waals surface area contributed by atoms with Crippen LogP contribution in [0.4, 0.5) is 0 Å². The summed E-state index contributed by atoms with van der Waals surface area (Å²) in [6, 6.07) is 0. The van der Waals surface area contributed by atoms with Crippen LogP contribution >= 0.6 is 25.3 Å². The zero-order valence-electron chi connectivity index (χ0n) is 4.54. The standard InChI is InChI=1S/C4H10O2S2/c7-3-1-5-6-2-4-8/h7-8H,1-4H2. The van der Waals surface area contributed by atoms with Gasteiger partial charge in [-0.15, -0.1) is 0 Å². The van der Waals surface area contributed by atoms with Crippen LogP contribution in [0.15, 0.2) is 0 Å². The average molecular weight is 154 g/mol. The van der Waals surface area contributed by atoms with Crippen molar-refractivity contribution in [3.63, 3.8) is 0 Å². The summed E-state index contributed by atoms with van der Waals surface area (Å²) < 4.78 is 0. The number of hydrogen-bond donors (Lipinski definition) is 2. The van der Waals surface area contributed by atoms with Gasteiger partial charge < -0.3 is 0 Å². The molecule has 0 radical (unpaired) electrons. The van der Waals surface area contributed by atoms with E-state index in [1.165, 1.54) is 0 Å². The smallest absolute Gasteiger partial charge is 0.0910 e. The summed E-state index contributed by atoms with van der Waals surface area (Å²) in [6.07, 6.45) is 0. The van der Waals surface area contributed by atoms with Gasteiger partial charge >= 0.3 is 0 Å². The van der Waals surface area contributed by atoms with Gasteiger partial charge in [-0.1, -0.05) is 0 Å². The molecule has 0 aromatic heterocycles. The monoisotopic (exact) mass is 154 g/mol. The third-order valence-electron chi connectivity index (χ3n) is 0.433. The predicted octanol–water partition coefficient (Wildman–Crippen LogP) is 0.794. The highest BCUT2D eigenvalue weighted by Gasteiger charge is 1.82. The van der Waals surface area contributed by atoms with Crippen LogP contribution in [0, 0.1) is 0 Å². The topological polar surface area (TPSA) is 18.5 Å². The summed E-state index contributed by atoms with van der Waals surface area (Å²) in [5.41, 5.74) is 0. The fraction of sp³-hybridized carbons (Fsp3) is 1.00. The van der Waals surface area contributed by atoms with E-state index in [1.54, 1.807) is 0 Å². The summed E-state index contributed by atoms with van der Waals surface area (Å²) in [6.45, 7) is 1.08. The van der Waals surface area contributed by atoms with E-state index in [0.29, 0.717) is 24.7 Å². The Kier molecular flexibility index (Phi) is 8.21. The maximum absolute atomic E-state index is 4.60. The third-order valence-corrected chi connectivity index (χ3v) is 0.798. The van der Waals surface area contributed by atoms with Gasteiger partial charge in [0.05, 0.1) is 13.2 Å². The van der Waals surface area contributed by atoms with E-state index in [-0.39, 0.29) is 0 Å². The Morgan fingerprint density at radius 2 is 1.25 bits per heavy atom. The second-order valence-corrected chi connectivity index (χ2v) is 1.99. The van der Waals surface area contributed by atoms with E-state index in [9.17, 15) is 0 Å². The third kappa shape index (κ3) is 6.62. The van der Waals surface area contributed by atoms with E-state index in [0.717, 1.165) is 0 Å². The van der Waals surface area contributed by atoms with Crippen molar-refractivity contribution in [2.24, 2.45) is 0 Å². The first-order valence-electron chi connectivity index (χ1n) is 2.38. The fourth-order valence-electron chi connectivity index (χ4n) is 0.192. The van der Waals surface area contributed by atoms with Crippen LogP contribution in [0.5, 0.6) is 0 Å². The Morgan fingerprint density at radius 1 is 0.875 bits per heavy atom. The van der Waals surface area contributed by atoms with E-state index >= 15 is 0 Å². The molecule has 50 valence electrons. The van der Waals surface area contributed by atoms with Gasteiger partial charge in [-0.3, -0.25) is 0 Å². The Labute approximate surface area is 60.3 Å². The Bertz CT molecular complexity index is 37.0. The van der Waals surface area contributed by atoms with Gasteiger partial charge in [-0.2, -0.15) is 25.3 Å². The number of rotatable bonds is 5. The van der Waals surface area contributed by atoms with E-state index in [1.807, 2.05) is 0 Å². The minimum Gasteiger partial charge on any atom is -0.236 e. The van der Waals surface area contributed by atoms with Gasteiger partial charge in [0.2, 0.25) is 0 Å². The molecule has 0 aromatic rings. The summed E-state index contributed by atoms with van der Waals surface area (Å²) in [5, 5.41) is 0. The van der Waals surface area contributed by atoms with Crippen molar-refractivity contribution in [3.8, 4) is 0 Å². The second kappa shape index (κ2) is 7.62. The molecule has 4 heteroatoms. The molecule has 0 saturated carbocycles. The van der Waals surface area contributed by atoms with Crippen LogP contribution in [0.2, 0.25) is 0 Å². The normalized spacial score (nSPS) is 9.75. The van der Waals surface area contributed by atoms with E-state index in [2.05, 4.69) is 35.0 Å². The quantitative estimate of drug-likeness (QED) is 0.264. The highest BCUT2D eigenvalue weighted by molar-refractivity contribution is 7.80. The van der Waals surface area contributed by atoms with Crippen molar-refractivity contribution in [2.45, 2.75) is 0 Å². The van der Waals surface area contributed by atoms with Crippen molar-refractivity contribution in [1.82, 2.24) is 0 Å². The van der Waals surface area contributed by atoms with Crippen LogP contribution < -0.4 is 0 Å². The number of thiol groups is 2. The molecule has 0 N–H and O–H groups in total. The molecule has 0 amide bonds. The van der Waals surface area contributed by atoms with Crippen LogP contribution in [-0.2, 0) is 9.78 Å². The molecule has 0 aliphatic heterocycles. The van der Waals surface area contributed by atoms with Crippen molar-refractivity contribution >= 4 is 25.3 Å². The molecule has 0 aliphatic rings. The zero-order chi connectivity index (χ0) is 6.24. The van der Waals surface area contributed by atoms with E-state index < -0.39 is 0 Å².